The van der Waals surface area contributed by atoms with Crippen molar-refractivity contribution in [1.29, 1.82) is 0 Å². The van der Waals surface area contributed by atoms with E-state index in [0.29, 0.717) is 18.2 Å². The molecule has 0 aliphatic carbocycles. The van der Waals surface area contributed by atoms with Crippen molar-refractivity contribution < 1.29 is 14.3 Å². The van der Waals surface area contributed by atoms with Crippen LogP contribution in [0.2, 0.25) is 0 Å². The Morgan fingerprint density at radius 3 is 2.74 bits per heavy atom. The number of nitrogens with one attached hydrogen (secondary N) is 1. The minimum Gasteiger partial charge on any atom is -0.391 e. The first-order chi connectivity index (χ1) is 8.95. The number of rotatable bonds is 6. The highest BCUT2D eigenvalue weighted by atomic mass is 19.1. The second-order valence-corrected chi connectivity index (χ2v) is 4.95. The molecule has 0 fully saturated rings. The number of aliphatic hydroxyl groups is 1. The zero-order valence-corrected chi connectivity index (χ0v) is 11.6. The summed E-state index contributed by atoms with van der Waals surface area (Å²) in [7, 11) is 1.70. The maximum Gasteiger partial charge on any atom is 0.239 e. The van der Waals surface area contributed by atoms with Gasteiger partial charge in [0.1, 0.15) is 5.82 Å². The lowest BCUT2D eigenvalue weighted by Crippen LogP contribution is -2.37. The maximum atomic E-state index is 13.5. The normalized spacial score (nSPS) is 10.6. The summed E-state index contributed by atoms with van der Waals surface area (Å²) in [6.45, 7) is 4.38. The van der Waals surface area contributed by atoms with Gasteiger partial charge in [-0.3, -0.25) is 4.79 Å². The average Bonchev–Trinajstić information content (AvgIpc) is 2.36. The maximum absolute atomic E-state index is 13.5. The van der Waals surface area contributed by atoms with E-state index in [0.717, 1.165) is 0 Å². The fraction of sp³-hybridized carbons (Fsp3) is 0.500. The third kappa shape index (κ3) is 4.52. The van der Waals surface area contributed by atoms with E-state index < -0.39 is 5.82 Å². The molecule has 1 rings (SSSR count). The van der Waals surface area contributed by atoms with Gasteiger partial charge < -0.3 is 15.3 Å². The molecule has 0 unspecified atom stereocenters. The summed E-state index contributed by atoms with van der Waals surface area (Å²) >= 11 is 0. The van der Waals surface area contributed by atoms with Crippen molar-refractivity contribution in [3.63, 3.8) is 0 Å². The van der Waals surface area contributed by atoms with Crippen molar-refractivity contribution in [2.45, 2.75) is 20.5 Å². The number of aliphatic hydroxyl groups excluding tert-OH is 1. The van der Waals surface area contributed by atoms with Crippen molar-refractivity contribution in [1.82, 2.24) is 5.32 Å². The lowest BCUT2D eigenvalue weighted by Gasteiger charge is -2.22. The number of halogens is 1. The van der Waals surface area contributed by atoms with Crippen LogP contribution >= 0.6 is 0 Å². The smallest absolute Gasteiger partial charge is 0.239 e. The van der Waals surface area contributed by atoms with E-state index in [-0.39, 0.29) is 24.6 Å². The van der Waals surface area contributed by atoms with Crippen LogP contribution in [0, 0.1) is 11.7 Å². The molecule has 19 heavy (non-hydrogen) atoms. The summed E-state index contributed by atoms with van der Waals surface area (Å²) in [5.74, 6) is -0.199. The van der Waals surface area contributed by atoms with Crippen molar-refractivity contribution in [2.24, 2.45) is 5.92 Å². The van der Waals surface area contributed by atoms with Crippen LogP contribution in [0.4, 0.5) is 10.1 Å². The fourth-order valence-electron chi connectivity index (χ4n) is 1.74. The minimum absolute atomic E-state index is 0.121. The van der Waals surface area contributed by atoms with Gasteiger partial charge in [-0.25, -0.2) is 4.39 Å². The Morgan fingerprint density at radius 2 is 2.16 bits per heavy atom. The molecule has 0 aliphatic heterocycles. The number of nitrogens with zero attached hydrogens (tertiary/aromatic N) is 1. The highest BCUT2D eigenvalue weighted by molar-refractivity contribution is 5.81. The van der Waals surface area contributed by atoms with Crippen LogP contribution in [-0.4, -0.2) is 31.2 Å². The molecule has 0 heterocycles. The molecule has 0 bridgehead atoms. The standard InChI is InChI=1S/C14H21FN2O2/c1-10(2)7-16-14(19)8-17(3)13-6-4-5-12(15)11(13)9-18/h4-6,10,18H,7-9H2,1-3H3,(H,16,19). The number of carbonyl (C=O) groups excluding carboxylic acids is 1. The number of likely N-dealkylation sites (N-methyl/N-ethyl adjacent to an activating group) is 1. The predicted octanol–water partition coefficient (Wildman–Crippen LogP) is 1.53. The number of hydrogen-bond acceptors (Lipinski definition) is 3. The van der Waals surface area contributed by atoms with Crippen LogP contribution in [0.1, 0.15) is 19.4 Å². The van der Waals surface area contributed by atoms with E-state index in [1.54, 1.807) is 24.1 Å². The van der Waals surface area contributed by atoms with Crippen molar-refractivity contribution in [3.8, 4) is 0 Å². The summed E-state index contributed by atoms with van der Waals surface area (Å²) in [5, 5.41) is 12.0. The molecule has 0 saturated carbocycles. The lowest BCUT2D eigenvalue weighted by atomic mass is 10.1. The van der Waals surface area contributed by atoms with Gasteiger partial charge in [-0.2, -0.15) is 0 Å². The van der Waals surface area contributed by atoms with Crippen LogP contribution in [0.15, 0.2) is 18.2 Å². The second kappa shape index (κ2) is 7.09. The number of hydrogen-bond donors (Lipinski definition) is 2. The summed E-state index contributed by atoms with van der Waals surface area (Å²) in [4.78, 5) is 13.3. The van der Waals surface area contributed by atoms with Gasteiger partial charge in [0.15, 0.2) is 0 Å². The van der Waals surface area contributed by atoms with Crippen molar-refractivity contribution in [2.75, 3.05) is 25.0 Å². The Labute approximate surface area is 113 Å². The first kappa shape index (κ1) is 15.4. The minimum atomic E-state index is -0.463. The Balaban J connectivity index is 2.70. The van der Waals surface area contributed by atoms with Crippen molar-refractivity contribution >= 4 is 11.6 Å². The van der Waals surface area contributed by atoms with Gasteiger partial charge in [0.25, 0.3) is 0 Å². The zero-order chi connectivity index (χ0) is 14.4. The molecule has 1 aromatic carbocycles. The lowest BCUT2D eigenvalue weighted by molar-refractivity contribution is -0.119. The molecular formula is C14H21FN2O2. The van der Waals surface area contributed by atoms with E-state index in [1.807, 2.05) is 13.8 Å². The van der Waals surface area contributed by atoms with E-state index in [2.05, 4.69) is 5.32 Å². The molecule has 0 aromatic heterocycles. The summed E-state index contributed by atoms with van der Waals surface area (Å²) in [6, 6.07) is 4.54. The third-order valence-electron chi connectivity index (χ3n) is 2.75. The topological polar surface area (TPSA) is 52.6 Å². The number of anilines is 1. The van der Waals surface area contributed by atoms with Crippen LogP contribution in [0.5, 0.6) is 0 Å². The predicted molar refractivity (Wildman–Crippen MR) is 73.4 cm³/mol. The molecule has 4 nitrogen and oxygen atoms in total. The van der Waals surface area contributed by atoms with E-state index in [1.165, 1.54) is 6.07 Å². The first-order valence-electron chi connectivity index (χ1n) is 6.31. The fourth-order valence-corrected chi connectivity index (χ4v) is 1.74. The van der Waals surface area contributed by atoms with Gasteiger partial charge in [0.05, 0.1) is 13.2 Å². The number of benzene rings is 1. The summed E-state index contributed by atoms with van der Waals surface area (Å²) in [6.07, 6.45) is 0. The molecule has 0 radical (unpaired) electrons. The van der Waals surface area contributed by atoms with Crippen molar-refractivity contribution in [3.05, 3.63) is 29.6 Å². The molecule has 106 valence electrons. The molecule has 0 atom stereocenters. The highest BCUT2D eigenvalue weighted by Gasteiger charge is 2.13. The van der Waals surface area contributed by atoms with Gasteiger partial charge in [0.2, 0.25) is 5.91 Å². The van der Waals surface area contributed by atoms with Crippen LogP contribution in [0.25, 0.3) is 0 Å². The van der Waals surface area contributed by atoms with E-state index >= 15 is 0 Å². The first-order valence-corrected chi connectivity index (χ1v) is 6.31. The SMILES string of the molecule is CC(C)CNC(=O)CN(C)c1cccc(F)c1CO. The number of carbonyl (C=O) groups is 1. The van der Waals surface area contributed by atoms with Crippen LogP contribution < -0.4 is 10.2 Å². The van der Waals surface area contributed by atoms with E-state index in [4.69, 9.17) is 0 Å². The summed E-state index contributed by atoms with van der Waals surface area (Å²) in [5.41, 5.74) is 0.740. The zero-order valence-electron chi connectivity index (χ0n) is 11.6. The van der Waals surface area contributed by atoms with Crippen LogP contribution in [-0.2, 0) is 11.4 Å². The molecule has 5 heteroatoms. The van der Waals surface area contributed by atoms with Gasteiger partial charge in [-0.1, -0.05) is 19.9 Å². The van der Waals surface area contributed by atoms with Gasteiger partial charge in [-0.15, -0.1) is 0 Å². The molecule has 0 saturated heterocycles. The Morgan fingerprint density at radius 1 is 1.47 bits per heavy atom. The summed E-state index contributed by atoms with van der Waals surface area (Å²) < 4.78 is 13.5. The Kier molecular flexibility index (Phi) is 5.76. The molecule has 2 N–H and O–H groups in total. The Hall–Kier alpha value is -1.62. The van der Waals surface area contributed by atoms with Gasteiger partial charge >= 0.3 is 0 Å². The monoisotopic (exact) mass is 268 g/mol. The molecule has 0 spiro atoms. The van der Waals surface area contributed by atoms with Gasteiger partial charge in [0, 0.05) is 24.8 Å². The molecular weight excluding hydrogens is 247 g/mol. The average molecular weight is 268 g/mol. The quantitative estimate of drug-likeness (QED) is 0.822. The second-order valence-electron chi connectivity index (χ2n) is 4.95. The van der Waals surface area contributed by atoms with Crippen LogP contribution in [0.3, 0.4) is 0 Å². The molecule has 0 aliphatic rings. The van der Waals surface area contributed by atoms with E-state index in [9.17, 15) is 14.3 Å². The largest absolute Gasteiger partial charge is 0.391 e. The third-order valence-corrected chi connectivity index (χ3v) is 2.75. The van der Waals surface area contributed by atoms with Gasteiger partial charge in [-0.05, 0) is 18.1 Å². The number of amides is 1. The highest BCUT2D eigenvalue weighted by Crippen LogP contribution is 2.21. The molecule has 1 amide bonds. The molecule has 1 aromatic rings. The Bertz CT molecular complexity index is 435.